The second kappa shape index (κ2) is 7.42. The normalized spacial score (nSPS) is 14.4. The van der Waals surface area contributed by atoms with Gasteiger partial charge in [0.1, 0.15) is 5.41 Å². The van der Waals surface area contributed by atoms with Gasteiger partial charge in [-0.3, -0.25) is 9.59 Å². The Morgan fingerprint density at radius 2 is 1.57 bits per heavy atom. The molecule has 2 aromatic carbocycles. The molecule has 1 aliphatic heterocycles. The van der Waals surface area contributed by atoms with E-state index in [4.69, 9.17) is 0 Å². The van der Waals surface area contributed by atoms with Crippen LogP contribution in [0.4, 0.5) is 11.4 Å². The lowest BCUT2D eigenvalue weighted by molar-refractivity contribution is -0.136. The van der Waals surface area contributed by atoms with Gasteiger partial charge in [0, 0.05) is 17.9 Å². The molecule has 3 rings (SSSR count). The van der Waals surface area contributed by atoms with Crippen LogP contribution in [0.2, 0.25) is 0 Å². The maximum absolute atomic E-state index is 13.3. The van der Waals surface area contributed by atoms with Gasteiger partial charge in [0.25, 0.3) is 0 Å². The number of hydrogen-bond donors (Lipinski definition) is 1. The molecule has 1 N–H and O–H groups in total. The van der Waals surface area contributed by atoms with E-state index in [1.165, 1.54) is 5.56 Å². The molecule has 0 aromatic heterocycles. The molecule has 1 heterocycles. The molecule has 0 radical (unpaired) electrons. The first-order valence-electron chi connectivity index (χ1n) is 9.92. The predicted molar refractivity (Wildman–Crippen MR) is 115 cm³/mol. The number of para-hydroxylation sites is 1. The first-order chi connectivity index (χ1) is 13.1. The molecule has 4 heteroatoms. The molecule has 0 fully saturated rings. The Balaban J connectivity index is 1.77. The minimum atomic E-state index is -1.16. The zero-order valence-corrected chi connectivity index (χ0v) is 17.5. The Bertz CT molecular complexity index is 876. The van der Waals surface area contributed by atoms with Crippen LogP contribution in [0.5, 0.6) is 0 Å². The summed E-state index contributed by atoms with van der Waals surface area (Å²) < 4.78 is 0. The van der Waals surface area contributed by atoms with Crippen molar-refractivity contribution in [3.63, 3.8) is 0 Å². The second-order valence-electron chi connectivity index (χ2n) is 9.10. The average Bonchev–Trinajstić information content (AvgIpc) is 2.66. The predicted octanol–water partition coefficient (Wildman–Crippen LogP) is 4.93. The van der Waals surface area contributed by atoms with Crippen molar-refractivity contribution in [2.24, 2.45) is 5.41 Å². The van der Waals surface area contributed by atoms with Crippen LogP contribution >= 0.6 is 0 Å². The molecule has 0 atom stereocenters. The molecule has 0 spiro atoms. The van der Waals surface area contributed by atoms with E-state index in [9.17, 15) is 9.59 Å². The van der Waals surface area contributed by atoms with Gasteiger partial charge in [-0.1, -0.05) is 51.1 Å². The number of benzene rings is 2. The number of rotatable bonds is 3. The fourth-order valence-electron chi connectivity index (χ4n) is 3.52. The van der Waals surface area contributed by atoms with Crippen molar-refractivity contribution in [3.05, 3.63) is 59.7 Å². The van der Waals surface area contributed by atoms with Crippen LogP contribution in [0.15, 0.2) is 48.5 Å². The minimum absolute atomic E-state index is 0.0550. The van der Waals surface area contributed by atoms with Gasteiger partial charge >= 0.3 is 0 Å². The van der Waals surface area contributed by atoms with Crippen molar-refractivity contribution >= 4 is 23.2 Å². The highest BCUT2D eigenvalue weighted by Crippen LogP contribution is 2.32. The summed E-state index contributed by atoms with van der Waals surface area (Å²) in [6.07, 6.45) is 1.88. The SMILES string of the molecule is CC(C)(C(=O)Nc1ccc(C(C)(C)C)cc1)C(=O)N1CCCc2ccccc21. The number of anilines is 2. The smallest absolute Gasteiger partial charge is 0.242 e. The van der Waals surface area contributed by atoms with Crippen molar-refractivity contribution in [2.45, 2.75) is 52.9 Å². The molecule has 0 unspecified atom stereocenters. The van der Waals surface area contributed by atoms with Gasteiger partial charge in [0.2, 0.25) is 11.8 Å². The number of aryl methyl sites for hydroxylation is 1. The van der Waals surface area contributed by atoms with Crippen LogP contribution in [0, 0.1) is 5.41 Å². The Morgan fingerprint density at radius 3 is 2.21 bits per heavy atom. The molecule has 1 aliphatic rings. The molecular formula is C24H30N2O2. The minimum Gasteiger partial charge on any atom is -0.325 e. The number of amides is 2. The number of carbonyl (C=O) groups excluding carboxylic acids is 2. The number of fused-ring (bicyclic) bond motifs is 1. The second-order valence-corrected chi connectivity index (χ2v) is 9.10. The van der Waals surface area contributed by atoms with Gasteiger partial charge in [-0.2, -0.15) is 0 Å². The van der Waals surface area contributed by atoms with E-state index in [1.807, 2.05) is 42.5 Å². The standard InChI is InChI=1S/C24H30N2O2/c1-23(2,3)18-12-14-19(15-13-18)25-21(27)24(4,5)22(28)26-16-8-10-17-9-6-7-11-20(17)26/h6-7,9,11-15H,8,10,16H2,1-5H3,(H,25,27). The summed E-state index contributed by atoms with van der Waals surface area (Å²) in [5.41, 5.74) is 2.89. The van der Waals surface area contributed by atoms with E-state index in [1.54, 1.807) is 18.7 Å². The summed E-state index contributed by atoms with van der Waals surface area (Å²) >= 11 is 0. The van der Waals surface area contributed by atoms with Crippen molar-refractivity contribution in [1.29, 1.82) is 0 Å². The van der Waals surface area contributed by atoms with Crippen molar-refractivity contribution in [3.8, 4) is 0 Å². The van der Waals surface area contributed by atoms with Gasteiger partial charge in [-0.25, -0.2) is 0 Å². The van der Waals surface area contributed by atoms with Crippen LogP contribution in [0.1, 0.15) is 52.2 Å². The number of nitrogens with zero attached hydrogens (tertiary/aromatic N) is 1. The summed E-state index contributed by atoms with van der Waals surface area (Å²) in [7, 11) is 0. The zero-order chi connectivity index (χ0) is 20.5. The van der Waals surface area contributed by atoms with E-state index in [0.29, 0.717) is 12.2 Å². The van der Waals surface area contributed by atoms with E-state index < -0.39 is 5.41 Å². The van der Waals surface area contributed by atoms with Crippen LogP contribution in [-0.4, -0.2) is 18.4 Å². The molecule has 148 valence electrons. The lowest BCUT2D eigenvalue weighted by Gasteiger charge is -2.35. The van der Waals surface area contributed by atoms with Crippen LogP contribution in [0.25, 0.3) is 0 Å². The Kier molecular flexibility index (Phi) is 5.33. The van der Waals surface area contributed by atoms with E-state index in [0.717, 1.165) is 24.1 Å². The maximum atomic E-state index is 13.3. The summed E-state index contributed by atoms with van der Waals surface area (Å²) in [6, 6.07) is 15.8. The Morgan fingerprint density at radius 1 is 0.929 bits per heavy atom. The van der Waals surface area contributed by atoms with Crippen molar-refractivity contribution < 1.29 is 9.59 Å². The summed E-state index contributed by atoms with van der Waals surface area (Å²) in [5.74, 6) is -0.451. The van der Waals surface area contributed by atoms with Crippen LogP contribution in [0.3, 0.4) is 0 Å². The molecule has 2 aromatic rings. The van der Waals surface area contributed by atoms with Crippen molar-refractivity contribution in [2.75, 3.05) is 16.8 Å². The highest BCUT2D eigenvalue weighted by Gasteiger charge is 2.40. The Hall–Kier alpha value is -2.62. The third-order valence-corrected chi connectivity index (χ3v) is 5.47. The molecule has 0 aliphatic carbocycles. The lowest BCUT2D eigenvalue weighted by atomic mass is 9.86. The van der Waals surface area contributed by atoms with Crippen molar-refractivity contribution in [1.82, 2.24) is 0 Å². The van der Waals surface area contributed by atoms with Crippen LogP contribution < -0.4 is 10.2 Å². The lowest BCUT2D eigenvalue weighted by Crippen LogP contribution is -2.49. The summed E-state index contributed by atoms with van der Waals surface area (Å²) in [5, 5.41) is 2.92. The quantitative estimate of drug-likeness (QED) is 0.770. The molecule has 2 amide bonds. The molecule has 0 saturated heterocycles. The molecule has 0 saturated carbocycles. The van der Waals surface area contributed by atoms with Gasteiger partial charge in [0.15, 0.2) is 0 Å². The monoisotopic (exact) mass is 378 g/mol. The average molecular weight is 379 g/mol. The summed E-state index contributed by atoms with van der Waals surface area (Å²) in [4.78, 5) is 28.0. The van der Waals surface area contributed by atoms with Gasteiger partial charge < -0.3 is 10.2 Å². The van der Waals surface area contributed by atoms with Gasteiger partial charge in [-0.15, -0.1) is 0 Å². The molecule has 0 bridgehead atoms. The van der Waals surface area contributed by atoms with Gasteiger partial charge in [-0.05, 0) is 61.4 Å². The highest BCUT2D eigenvalue weighted by molar-refractivity contribution is 6.15. The number of nitrogens with one attached hydrogen (secondary N) is 1. The topological polar surface area (TPSA) is 49.4 Å². The van der Waals surface area contributed by atoms with E-state index in [2.05, 4.69) is 32.2 Å². The zero-order valence-electron chi connectivity index (χ0n) is 17.5. The molecule has 28 heavy (non-hydrogen) atoms. The molecule has 4 nitrogen and oxygen atoms in total. The Labute approximate surface area is 167 Å². The largest absolute Gasteiger partial charge is 0.325 e. The first-order valence-corrected chi connectivity index (χ1v) is 9.92. The fourth-order valence-corrected chi connectivity index (χ4v) is 3.52. The fraction of sp³-hybridized carbons (Fsp3) is 0.417. The van der Waals surface area contributed by atoms with E-state index >= 15 is 0 Å². The molecular weight excluding hydrogens is 348 g/mol. The van der Waals surface area contributed by atoms with Crippen LogP contribution in [-0.2, 0) is 21.4 Å². The third kappa shape index (κ3) is 3.96. The van der Waals surface area contributed by atoms with Gasteiger partial charge in [0.05, 0.1) is 0 Å². The first kappa shape index (κ1) is 20.1. The highest BCUT2D eigenvalue weighted by atomic mass is 16.2. The number of carbonyl (C=O) groups is 2. The maximum Gasteiger partial charge on any atom is 0.242 e. The number of hydrogen-bond acceptors (Lipinski definition) is 2. The van der Waals surface area contributed by atoms with E-state index in [-0.39, 0.29) is 17.2 Å². The third-order valence-electron chi connectivity index (χ3n) is 5.47. The summed E-state index contributed by atoms with van der Waals surface area (Å²) in [6.45, 7) is 10.5.